The molecule has 36 heavy (non-hydrogen) atoms. The highest BCUT2D eigenvalue weighted by molar-refractivity contribution is 8.09. The summed E-state index contributed by atoms with van der Waals surface area (Å²) < 4.78 is 127. The fraction of sp³-hybridized carbons (Fsp3) is 0.130. The molecule has 5 nitrogen and oxygen atoms in total. The average molecular weight is 548 g/mol. The molecule has 0 fully saturated rings. The van der Waals surface area contributed by atoms with Crippen molar-refractivity contribution in [3.8, 4) is 16.9 Å². The van der Waals surface area contributed by atoms with E-state index < -0.39 is 52.1 Å². The Morgan fingerprint density at radius 2 is 1.00 bits per heavy atom. The number of rotatable bonds is 4. The van der Waals surface area contributed by atoms with Crippen molar-refractivity contribution < 1.29 is 48.3 Å². The number of alkyl halides is 6. The van der Waals surface area contributed by atoms with Crippen molar-refractivity contribution in [2.75, 3.05) is 0 Å². The van der Waals surface area contributed by atoms with E-state index in [1.807, 2.05) is 0 Å². The summed E-state index contributed by atoms with van der Waals surface area (Å²) in [6, 6.07) is 15.8. The van der Waals surface area contributed by atoms with E-state index >= 15 is 0 Å². The van der Waals surface area contributed by atoms with Gasteiger partial charge in [-0.1, -0.05) is 66.7 Å². The van der Waals surface area contributed by atoms with E-state index in [2.05, 4.69) is 0 Å². The maximum Gasteiger partial charge on any atom is 0.499 e. The Balaban J connectivity index is 2.28. The van der Waals surface area contributed by atoms with Crippen LogP contribution in [0.15, 0.2) is 72.8 Å². The molecular formula is C23H14F6O5S2. The van der Waals surface area contributed by atoms with Crippen molar-refractivity contribution in [1.29, 1.82) is 0 Å². The highest BCUT2D eigenvalue weighted by Gasteiger charge is 2.64. The molecule has 0 aliphatic heterocycles. The van der Waals surface area contributed by atoms with E-state index in [1.165, 1.54) is 42.5 Å². The Kier molecular flexibility index (Phi) is 5.99. The molecule has 4 aromatic rings. The summed E-state index contributed by atoms with van der Waals surface area (Å²) in [5, 5.41) is 11.4. The molecule has 0 saturated carbocycles. The number of aromatic hydroxyl groups is 1. The van der Waals surface area contributed by atoms with Crippen molar-refractivity contribution in [3.05, 3.63) is 78.4 Å². The molecule has 0 spiro atoms. The normalized spacial score (nSPS) is 13.5. The first-order valence-electron chi connectivity index (χ1n) is 9.92. The first-order valence-corrected chi connectivity index (χ1v) is 13.0. The third-order valence-electron chi connectivity index (χ3n) is 5.58. The fourth-order valence-corrected chi connectivity index (χ4v) is 7.57. The predicted octanol–water partition coefficient (Wildman–Crippen LogP) is 6.23. The monoisotopic (exact) mass is 548 g/mol. The van der Waals surface area contributed by atoms with Crippen LogP contribution in [-0.4, -0.2) is 33.0 Å². The smallest absolute Gasteiger partial charge is 0.499 e. The van der Waals surface area contributed by atoms with Gasteiger partial charge >= 0.3 is 11.0 Å². The zero-order valence-corrected chi connectivity index (χ0v) is 19.3. The van der Waals surface area contributed by atoms with Crippen LogP contribution >= 0.6 is 0 Å². The van der Waals surface area contributed by atoms with E-state index in [4.69, 9.17) is 0 Å². The standard InChI is InChI=1S/C23H14F6O5S2/c24-22(25,26)35(31,32)21(36(33,34)23(27,28)29)17-11-9-13-5-1-3-7-15(13)19(17)20-16-8-4-2-6-14(16)10-12-18(20)30/h1-12,21,30H. The molecule has 0 saturated heterocycles. The summed E-state index contributed by atoms with van der Waals surface area (Å²) in [7, 11) is -14.0. The van der Waals surface area contributed by atoms with Crippen molar-refractivity contribution in [1.82, 2.24) is 0 Å². The van der Waals surface area contributed by atoms with Gasteiger partial charge in [0.15, 0.2) is 0 Å². The predicted molar refractivity (Wildman–Crippen MR) is 121 cm³/mol. The van der Waals surface area contributed by atoms with Crippen molar-refractivity contribution in [2.45, 2.75) is 15.6 Å². The number of phenolic OH excluding ortho intramolecular Hbond substituents is 1. The summed E-state index contributed by atoms with van der Waals surface area (Å²) in [5.41, 5.74) is -14.9. The molecule has 0 amide bonds. The number of sulfone groups is 2. The minimum atomic E-state index is -6.99. The summed E-state index contributed by atoms with van der Waals surface area (Å²) in [6.45, 7) is 0. The van der Waals surface area contributed by atoms with Crippen molar-refractivity contribution in [2.24, 2.45) is 0 Å². The minimum Gasteiger partial charge on any atom is -0.507 e. The lowest BCUT2D eigenvalue weighted by Gasteiger charge is -2.25. The highest BCUT2D eigenvalue weighted by Crippen LogP contribution is 2.51. The van der Waals surface area contributed by atoms with Crippen molar-refractivity contribution >= 4 is 41.2 Å². The molecule has 4 aromatic carbocycles. The van der Waals surface area contributed by atoms with Gasteiger partial charge in [-0.05, 0) is 38.7 Å². The number of benzene rings is 4. The molecule has 0 heterocycles. The van der Waals surface area contributed by atoms with E-state index in [9.17, 15) is 48.3 Å². The van der Waals surface area contributed by atoms with Gasteiger partial charge in [0.1, 0.15) is 5.75 Å². The molecule has 0 aliphatic carbocycles. The molecular weight excluding hydrogens is 534 g/mol. The van der Waals surface area contributed by atoms with Gasteiger partial charge in [0.25, 0.3) is 19.7 Å². The molecule has 13 heteroatoms. The van der Waals surface area contributed by atoms with Gasteiger partial charge in [0, 0.05) is 5.56 Å². The molecule has 0 aliphatic rings. The van der Waals surface area contributed by atoms with Gasteiger partial charge in [-0.2, -0.15) is 26.3 Å². The Labute approximate surface area is 200 Å². The van der Waals surface area contributed by atoms with Gasteiger partial charge in [0.05, 0.1) is 0 Å². The van der Waals surface area contributed by atoms with Crippen LogP contribution < -0.4 is 0 Å². The van der Waals surface area contributed by atoms with Gasteiger partial charge < -0.3 is 5.11 Å². The fourth-order valence-electron chi connectivity index (χ4n) is 4.03. The van der Waals surface area contributed by atoms with Crippen LogP contribution in [0.2, 0.25) is 0 Å². The van der Waals surface area contributed by atoms with E-state index in [0.717, 1.165) is 12.1 Å². The number of hydrogen-bond donors (Lipinski definition) is 1. The number of fused-ring (bicyclic) bond motifs is 2. The Bertz CT molecular complexity index is 1670. The summed E-state index contributed by atoms with van der Waals surface area (Å²) in [4.78, 5) is 0. The van der Waals surface area contributed by atoms with E-state index in [0.29, 0.717) is 11.5 Å². The largest absolute Gasteiger partial charge is 0.507 e. The quantitative estimate of drug-likeness (QED) is 0.306. The zero-order valence-electron chi connectivity index (χ0n) is 17.7. The second-order valence-electron chi connectivity index (χ2n) is 7.75. The number of hydrogen-bond acceptors (Lipinski definition) is 5. The third-order valence-corrected chi connectivity index (χ3v) is 10.0. The first kappa shape index (κ1) is 25.8. The molecule has 190 valence electrons. The van der Waals surface area contributed by atoms with Crippen LogP contribution in [0.4, 0.5) is 26.3 Å². The Morgan fingerprint density at radius 1 is 0.583 bits per heavy atom. The number of halogens is 6. The first-order chi connectivity index (χ1) is 16.6. The number of phenols is 1. The summed E-state index contributed by atoms with van der Waals surface area (Å²) in [6.07, 6.45) is 0. The van der Waals surface area contributed by atoms with Crippen LogP contribution in [0, 0.1) is 0 Å². The van der Waals surface area contributed by atoms with Gasteiger partial charge in [0.2, 0.25) is 4.58 Å². The minimum absolute atomic E-state index is 0.0681. The molecule has 0 aromatic heterocycles. The zero-order chi connectivity index (χ0) is 26.7. The van der Waals surface area contributed by atoms with E-state index in [-0.39, 0.29) is 21.7 Å². The molecule has 0 radical (unpaired) electrons. The van der Waals surface area contributed by atoms with Gasteiger partial charge in [-0.15, -0.1) is 0 Å². The third kappa shape index (κ3) is 3.95. The highest BCUT2D eigenvalue weighted by atomic mass is 32.3. The summed E-state index contributed by atoms with van der Waals surface area (Å²) >= 11 is 0. The van der Waals surface area contributed by atoms with Crippen LogP contribution in [-0.2, 0) is 19.7 Å². The average Bonchev–Trinajstić information content (AvgIpc) is 2.78. The maximum absolute atomic E-state index is 13.6. The second kappa shape index (κ2) is 8.37. The molecule has 4 rings (SSSR count). The van der Waals surface area contributed by atoms with Gasteiger partial charge in [-0.25, -0.2) is 16.8 Å². The van der Waals surface area contributed by atoms with Crippen molar-refractivity contribution in [3.63, 3.8) is 0 Å². The Hall–Kier alpha value is -3.32. The van der Waals surface area contributed by atoms with Crippen LogP contribution in [0.5, 0.6) is 5.75 Å². The molecule has 1 N–H and O–H groups in total. The summed E-state index contributed by atoms with van der Waals surface area (Å²) in [5.74, 6) is -0.612. The lowest BCUT2D eigenvalue weighted by atomic mass is 9.90. The molecule has 0 bridgehead atoms. The van der Waals surface area contributed by atoms with Crippen LogP contribution in [0.3, 0.4) is 0 Å². The lowest BCUT2D eigenvalue weighted by molar-refractivity contribution is -0.0472. The maximum atomic E-state index is 13.6. The topological polar surface area (TPSA) is 88.5 Å². The molecule has 0 atom stereocenters. The molecule has 0 unspecified atom stereocenters. The SMILES string of the molecule is O=S(=O)(C(c1ccc2ccccc2c1-c1c(O)ccc2ccccc12)S(=O)(=O)C(F)(F)F)C(F)(F)F. The van der Waals surface area contributed by atoms with Crippen LogP contribution in [0.25, 0.3) is 32.7 Å². The van der Waals surface area contributed by atoms with Gasteiger partial charge in [-0.3, -0.25) is 0 Å². The second-order valence-corrected chi connectivity index (χ2v) is 12.1. The Morgan fingerprint density at radius 3 is 1.47 bits per heavy atom. The lowest BCUT2D eigenvalue weighted by Crippen LogP contribution is -2.39. The van der Waals surface area contributed by atoms with Crippen LogP contribution in [0.1, 0.15) is 10.1 Å². The van der Waals surface area contributed by atoms with E-state index in [1.54, 1.807) is 12.1 Å².